The van der Waals surface area contributed by atoms with E-state index in [9.17, 15) is 14.4 Å². The number of imide groups is 1. The first kappa shape index (κ1) is 16.1. The van der Waals surface area contributed by atoms with Crippen molar-refractivity contribution in [2.24, 2.45) is 23.7 Å². The number of anilines is 1. The first-order chi connectivity index (χ1) is 12.0. The van der Waals surface area contributed by atoms with Crippen molar-refractivity contribution in [2.45, 2.75) is 32.7 Å². The van der Waals surface area contributed by atoms with Crippen molar-refractivity contribution in [1.82, 2.24) is 4.90 Å². The zero-order chi connectivity index (χ0) is 17.7. The van der Waals surface area contributed by atoms with Gasteiger partial charge in [0.2, 0.25) is 17.7 Å². The molecule has 3 amide bonds. The van der Waals surface area contributed by atoms with Crippen LogP contribution < -0.4 is 5.32 Å². The summed E-state index contributed by atoms with van der Waals surface area (Å²) in [5.74, 6) is -0.945. The largest absolute Gasteiger partial charge is 0.324 e. The lowest BCUT2D eigenvalue weighted by Gasteiger charge is -2.38. The second-order valence-corrected chi connectivity index (χ2v) is 7.37. The molecule has 5 rings (SSSR count). The number of benzene rings is 1. The second-order valence-electron chi connectivity index (χ2n) is 7.37. The Morgan fingerprint density at radius 1 is 1.08 bits per heavy atom. The van der Waals surface area contributed by atoms with Crippen LogP contribution in [-0.4, -0.2) is 28.7 Å². The van der Waals surface area contributed by atoms with Crippen LogP contribution in [0.3, 0.4) is 0 Å². The fourth-order valence-electron chi connectivity index (χ4n) is 4.55. The highest BCUT2D eigenvalue weighted by atomic mass is 16.2. The molecule has 1 N–H and O–H groups in total. The van der Waals surface area contributed by atoms with Gasteiger partial charge in [0.25, 0.3) is 0 Å². The highest BCUT2D eigenvalue weighted by molar-refractivity contribution is 6.10. The van der Waals surface area contributed by atoms with E-state index >= 15 is 0 Å². The summed E-state index contributed by atoms with van der Waals surface area (Å²) in [6.45, 7) is 3.54. The molecule has 5 atom stereocenters. The van der Waals surface area contributed by atoms with Crippen LogP contribution in [0.5, 0.6) is 0 Å². The summed E-state index contributed by atoms with van der Waals surface area (Å²) in [4.78, 5) is 39.7. The van der Waals surface area contributed by atoms with Gasteiger partial charge in [-0.2, -0.15) is 0 Å². The molecule has 1 saturated carbocycles. The predicted molar refractivity (Wildman–Crippen MR) is 93.5 cm³/mol. The van der Waals surface area contributed by atoms with E-state index in [4.69, 9.17) is 0 Å². The SMILES string of the molecule is Cc1ccccc1NC(=O)C(C)N1C(=O)C2C3C=CC(CC3)C2C1=O. The van der Waals surface area contributed by atoms with Crippen molar-refractivity contribution >= 4 is 23.4 Å². The molecule has 5 heteroatoms. The summed E-state index contributed by atoms with van der Waals surface area (Å²) >= 11 is 0. The minimum Gasteiger partial charge on any atom is -0.324 e. The maximum absolute atomic E-state index is 12.9. The van der Waals surface area contributed by atoms with Crippen molar-refractivity contribution in [3.05, 3.63) is 42.0 Å². The Bertz CT molecular complexity index is 753. The van der Waals surface area contributed by atoms with E-state index in [1.165, 1.54) is 4.90 Å². The van der Waals surface area contributed by atoms with Gasteiger partial charge in [-0.15, -0.1) is 0 Å². The number of para-hydroxylation sites is 1. The van der Waals surface area contributed by atoms with Gasteiger partial charge in [0, 0.05) is 5.69 Å². The number of rotatable bonds is 3. The van der Waals surface area contributed by atoms with E-state index < -0.39 is 6.04 Å². The summed E-state index contributed by atoms with van der Waals surface area (Å²) in [6.07, 6.45) is 6.09. The Morgan fingerprint density at radius 2 is 1.64 bits per heavy atom. The summed E-state index contributed by atoms with van der Waals surface area (Å²) in [6, 6.07) is 6.67. The minimum atomic E-state index is -0.801. The van der Waals surface area contributed by atoms with Crippen LogP contribution in [0.2, 0.25) is 0 Å². The minimum absolute atomic E-state index is 0.142. The van der Waals surface area contributed by atoms with Crippen molar-refractivity contribution in [3.63, 3.8) is 0 Å². The Hall–Kier alpha value is -2.43. The van der Waals surface area contributed by atoms with E-state index in [1.807, 2.05) is 31.2 Å². The van der Waals surface area contributed by atoms with Gasteiger partial charge in [0.1, 0.15) is 6.04 Å². The smallest absolute Gasteiger partial charge is 0.247 e. The predicted octanol–water partition coefficient (Wildman–Crippen LogP) is 2.52. The van der Waals surface area contributed by atoms with Gasteiger partial charge in [-0.25, -0.2) is 0 Å². The van der Waals surface area contributed by atoms with Crippen LogP contribution in [0.15, 0.2) is 36.4 Å². The standard InChI is InChI=1S/C20H22N2O3/c1-11-5-3-4-6-15(11)21-18(23)12(2)22-19(24)16-13-7-8-14(10-9-13)17(16)20(22)25/h3-8,12-14,16-17H,9-10H2,1-2H3,(H,21,23). The van der Waals surface area contributed by atoms with Gasteiger partial charge < -0.3 is 5.32 Å². The molecule has 1 heterocycles. The van der Waals surface area contributed by atoms with Gasteiger partial charge in [-0.3, -0.25) is 19.3 Å². The number of likely N-dealkylation sites (tertiary alicyclic amines) is 1. The number of nitrogens with one attached hydrogen (secondary N) is 1. The average molecular weight is 338 g/mol. The molecule has 5 nitrogen and oxygen atoms in total. The van der Waals surface area contributed by atoms with Crippen molar-refractivity contribution < 1.29 is 14.4 Å². The molecule has 5 unspecified atom stereocenters. The summed E-state index contributed by atoms with van der Waals surface area (Å²) in [5.41, 5.74) is 1.65. The molecule has 25 heavy (non-hydrogen) atoms. The average Bonchev–Trinajstić information content (AvgIpc) is 2.90. The van der Waals surface area contributed by atoms with E-state index in [-0.39, 0.29) is 41.4 Å². The highest BCUT2D eigenvalue weighted by Gasteiger charge is 2.58. The molecule has 0 radical (unpaired) electrons. The number of carbonyl (C=O) groups excluding carboxylic acids is 3. The maximum Gasteiger partial charge on any atom is 0.247 e. The van der Waals surface area contributed by atoms with Crippen molar-refractivity contribution in [1.29, 1.82) is 0 Å². The summed E-state index contributed by atoms with van der Waals surface area (Å²) < 4.78 is 0. The lowest BCUT2D eigenvalue weighted by Crippen LogP contribution is -2.46. The van der Waals surface area contributed by atoms with Gasteiger partial charge in [-0.05, 0) is 50.2 Å². The number of amides is 3. The lowest BCUT2D eigenvalue weighted by molar-refractivity contribution is -0.146. The van der Waals surface area contributed by atoms with E-state index in [1.54, 1.807) is 6.92 Å². The Balaban J connectivity index is 1.55. The highest BCUT2D eigenvalue weighted by Crippen LogP contribution is 2.49. The molecule has 0 aromatic heterocycles. The number of aryl methyl sites for hydroxylation is 1. The number of carbonyl (C=O) groups is 3. The van der Waals surface area contributed by atoms with E-state index in [2.05, 4.69) is 17.5 Å². The Kier molecular flexibility index (Phi) is 3.74. The van der Waals surface area contributed by atoms with Gasteiger partial charge in [0.15, 0.2) is 0 Å². The van der Waals surface area contributed by atoms with Crippen LogP contribution >= 0.6 is 0 Å². The number of allylic oxidation sites excluding steroid dienone is 2. The first-order valence-corrected chi connectivity index (χ1v) is 8.91. The molecule has 1 aromatic rings. The van der Waals surface area contributed by atoms with Crippen LogP contribution in [0.4, 0.5) is 5.69 Å². The lowest BCUT2D eigenvalue weighted by atomic mass is 9.63. The third-order valence-electron chi connectivity index (χ3n) is 5.96. The third kappa shape index (κ3) is 2.41. The first-order valence-electron chi connectivity index (χ1n) is 8.91. The van der Waals surface area contributed by atoms with Crippen LogP contribution in [-0.2, 0) is 14.4 Å². The molecule has 2 bridgehead atoms. The van der Waals surface area contributed by atoms with Gasteiger partial charge in [0.05, 0.1) is 11.8 Å². The zero-order valence-corrected chi connectivity index (χ0v) is 14.4. The molecule has 130 valence electrons. The molecule has 1 aromatic carbocycles. The molecule has 1 aliphatic heterocycles. The maximum atomic E-state index is 12.9. The Morgan fingerprint density at radius 3 is 2.16 bits per heavy atom. The van der Waals surface area contributed by atoms with Crippen molar-refractivity contribution in [2.75, 3.05) is 5.32 Å². The van der Waals surface area contributed by atoms with Crippen LogP contribution in [0, 0.1) is 30.6 Å². The normalized spacial score (nSPS) is 31.2. The molecule has 3 aliphatic carbocycles. The van der Waals surface area contributed by atoms with Crippen molar-refractivity contribution in [3.8, 4) is 0 Å². The molecule has 1 saturated heterocycles. The molecule has 0 spiro atoms. The molecular weight excluding hydrogens is 316 g/mol. The summed E-state index contributed by atoms with van der Waals surface area (Å²) in [7, 11) is 0. The molecular formula is C20H22N2O3. The van der Waals surface area contributed by atoms with E-state index in [0.29, 0.717) is 5.69 Å². The molecule has 2 fully saturated rings. The van der Waals surface area contributed by atoms with Crippen LogP contribution in [0.25, 0.3) is 0 Å². The number of hydrogen-bond acceptors (Lipinski definition) is 3. The number of nitrogens with zero attached hydrogens (tertiary/aromatic N) is 1. The fourth-order valence-corrected chi connectivity index (χ4v) is 4.55. The van der Waals surface area contributed by atoms with E-state index in [0.717, 1.165) is 18.4 Å². The summed E-state index contributed by atoms with van der Waals surface area (Å²) in [5, 5.41) is 2.85. The number of hydrogen-bond donors (Lipinski definition) is 1. The number of fused-ring (bicyclic) bond motifs is 1. The quantitative estimate of drug-likeness (QED) is 0.680. The van der Waals surface area contributed by atoms with Gasteiger partial charge in [-0.1, -0.05) is 30.4 Å². The third-order valence-corrected chi connectivity index (χ3v) is 5.96. The van der Waals surface area contributed by atoms with Gasteiger partial charge >= 0.3 is 0 Å². The van der Waals surface area contributed by atoms with Crippen LogP contribution in [0.1, 0.15) is 25.3 Å². The topological polar surface area (TPSA) is 66.5 Å². The Labute approximate surface area is 147 Å². The monoisotopic (exact) mass is 338 g/mol. The molecule has 4 aliphatic rings. The second kappa shape index (κ2) is 5.83. The fraction of sp³-hybridized carbons (Fsp3) is 0.450. The zero-order valence-electron chi connectivity index (χ0n) is 14.4.